The maximum absolute atomic E-state index is 2.40. The summed E-state index contributed by atoms with van der Waals surface area (Å²) in [6.07, 6.45) is 0. The second-order valence-corrected chi connectivity index (χ2v) is 12.6. The molecular formula is C47H34N2. The number of nitrogens with zero attached hydrogens (tertiary/aromatic N) is 2. The Balaban J connectivity index is 1.08. The lowest BCUT2D eigenvalue weighted by atomic mass is 9.99. The van der Waals surface area contributed by atoms with Gasteiger partial charge in [0.05, 0.1) is 11.4 Å². The van der Waals surface area contributed by atoms with Gasteiger partial charge in [0.1, 0.15) is 0 Å². The average Bonchev–Trinajstić information content (AvgIpc) is 3.18. The van der Waals surface area contributed by atoms with Gasteiger partial charge in [0.25, 0.3) is 0 Å². The molecule has 0 aliphatic heterocycles. The average molecular weight is 627 g/mol. The van der Waals surface area contributed by atoms with Crippen molar-refractivity contribution in [1.82, 2.24) is 0 Å². The van der Waals surface area contributed by atoms with Crippen LogP contribution in [0.4, 0.5) is 28.4 Å². The van der Waals surface area contributed by atoms with E-state index in [9.17, 15) is 0 Å². The number of fused-ring (bicyclic) bond motifs is 5. The molecule has 0 aromatic heterocycles. The topological polar surface area (TPSA) is 6.48 Å². The Morgan fingerprint density at radius 3 is 1.31 bits per heavy atom. The number of rotatable bonds is 6. The van der Waals surface area contributed by atoms with E-state index in [1.54, 1.807) is 0 Å². The summed E-state index contributed by atoms with van der Waals surface area (Å²) in [4.78, 5) is 4.70. The lowest BCUT2D eigenvalue weighted by Gasteiger charge is -2.28. The van der Waals surface area contributed by atoms with Crippen LogP contribution in [0.2, 0.25) is 0 Å². The number of anilines is 5. The summed E-state index contributed by atoms with van der Waals surface area (Å²) < 4.78 is 0. The summed E-state index contributed by atoms with van der Waals surface area (Å²) in [5, 5.41) is 9.97. The first-order valence-corrected chi connectivity index (χ1v) is 16.8. The van der Waals surface area contributed by atoms with Gasteiger partial charge < -0.3 is 9.80 Å². The normalized spacial score (nSPS) is 11.4. The Bertz CT molecular complexity index is 2530. The molecular weight excluding hydrogens is 593 g/mol. The molecule has 0 aliphatic carbocycles. The Kier molecular flexibility index (Phi) is 7.06. The molecule has 0 saturated heterocycles. The van der Waals surface area contributed by atoms with Crippen LogP contribution in [0.15, 0.2) is 188 Å². The highest BCUT2D eigenvalue weighted by Crippen LogP contribution is 2.43. The lowest BCUT2D eigenvalue weighted by molar-refractivity contribution is 1.22. The highest BCUT2D eigenvalue weighted by atomic mass is 15.1. The molecule has 0 saturated carbocycles. The third kappa shape index (κ3) is 5.06. The Morgan fingerprint density at radius 1 is 0.306 bits per heavy atom. The molecule has 2 nitrogen and oxygen atoms in total. The zero-order chi connectivity index (χ0) is 32.7. The molecule has 0 N–H and O–H groups in total. The van der Waals surface area contributed by atoms with Gasteiger partial charge >= 0.3 is 0 Å². The monoisotopic (exact) mass is 626 g/mol. The summed E-state index contributed by atoms with van der Waals surface area (Å²) >= 11 is 0. The van der Waals surface area contributed by atoms with Gasteiger partial charge in [-0.3, -0.25) is 0 Å². The van der Waals surface area contributed by atoms with E-state index in [0.29, 0.717) is 0 Å². The SMILES string of the molecule is CN(c1ccc(-c2ccc(N(c3cccc4ccccc34)c3cccc4ccccc34)cc2)cc1)c1cc2ccccc2c2ccccc12. The molecule has 0 heterocycles. The highest BCUT2D eigenvalue weighted by Gasteiger charge is 2.18. The van der Waals surface area contributed by atoms with Crippen molar-refractivity contribution in [3.05, 3.63) is 188 Å². The minimum Gasteiger partial charge on any atom is -0.344 e. The fraction of sp³-hybridized carbons (Fsp3) is 0.0213. The van der Waals surface area contributed by atoms with Crippen molar-refractivity contribution in [3.63, 3.8) is 0 Å². The van der Waals surface area contributed by atoms with Gasteiger partial charge in [-0.15, -0.1) is 0 Å². The molecule has 0 aliphatic rings. The largest absolute Gasteiger partial charge is 0.344 e. The predicted molar refractivity (Wildman–Crippen MR) is 211 cm³/mol. The Morgan fingerprint density at radius 2 is 0.735 bits per heavy atom. The van der Waals surface area contributed by atoms with E-state index in [-0.39, 0.29) is 0 Å². The van der Waals surface area contributed by atoms with Crippen molar-refractivity contribution in [3.8, 4) is 11.1 Å². The van der Waals surface area contributed by atoms with Gasteiger partial charge in [0, 0.05) is 40.3 Å². The molecule has 0 spiro atoms. The van der Waals surface area contributed by atoms with E-state index >= 15 is 0 Å². The van der Waals surface area contributed by atoms with Crippen LogP contribution in [0.5, 0.6) is 0 Å². The van der Waals surface area contributed by atoms with E-state index in [1.165, 1.54) is 59.9 Å². The smallest absolute Gasteiger partial charge is 0.0540 e. The summed E-state index contributed by atoms with van der Waals surface area (Å²) in [6, 6.07) is 68.0. The van der Waals surface area contributed by atoms with E-state index in [2.05, 4.69) is 205 Å². The molecule has 232 valence electrons. The van der Waals surface area contributed by atoms with E-state index in [4.69, 9.17) is 0 Å². The zero-order valence-electron chi connectivity index (χ0n) is 27.3. The van der Waals surface area contributed by atoms with Crippen molar-refractivity contribution in [2.45, 2.75) is 0 Å². The quantitative estimate of drug-likeness (QED) is 0.169. The van der Waals surface area contributed by atoms with Crippen molar-refractivity contribution < 1.29 is 0 Å². The first-order valence-electron chi connectivity index (χ1n) is 16.8. The summed E-state index contributed by atoms with van der Waals surface area (Å²) in [5.74, 6) is 0. The van der Waals surface area contributed by atoms with Crippen molar-refractivity contribution in [1.29, 1.82) is 0 Å². The van der Waals surface area contributed by atoms with Gasteiger partial charge in [0.2, 0.25) is 0 Å². The second kappa shape index (κ2) is 12.0. The Hall–Kier alpha value is -6.38. The fourth-order valence-corrected chi connectivity index (χ4v) is 7.35. The van der Waals surface area contributed by atoms with Crippen LogP contribution >= 0.6 is 0 Å². The second-order valence-electron chi connectivity index (χ2n) is 12.6. The van der Waals surface area contributed by atoms with Crippen LogP contribution in [-0.4, -0.2) is 7.05 Å². The minimum atomic E-state index is 1.12. The first kappa shape index (κ1) is 28.8. The van der Waals surface area contributed by atoms with Gasteiger partial charge in [-0.05, 0) is 80.5 Å². The fourth-order valence-electron chi connectivity index (χ4n) is 7.35. The highest BCUT2D eigenvalue weighted by molar-refractivity contribution is 6.13. The van der Waals surface area contributed by atoms with Crippen LogP contribution in [0.25, 0.3) is 54.2 Å². The van der Waals surface area contributed by atoms with Crippen molar-refractivity contribution in [2.24, 2.45) is 0 Å². The number of hydrogen-bond acceptors (Lipinski definition) is 2. The van der Waals surface area contributed by atoms with Crippen LogP contribution in [0, 0.1) is 0 Å². The van der Waals surface area contributed by atoms with Gasteiger partial charge in [-0.25, -0.2) is 0 Å². The van der Waals surface area contributed by atoms with Crippen LogP contribution < -0.4 is 9.80 Å². The molecule has 9 rings (SSSR count). The Labute approximate surface area is 286 Å². The molecule has 49 heavy (non-hydrogen) atoms. The number of hydrogen-bond donors (Lipinski definition) is 0. The third-order valence-electron chi connectivity index (χ3n) is 9.84. The lowest BCUT2D eigenvalue weighted by Crippen LogP contribution is -2.11. The molecule has 9 aromatic carbocycles. The molecule has 9 aromatic rings. The van der Waals surface area contributed by atoms with Crippen LogP contribution in [-0.2, 0) is 0 Å². The van der Waals surface area contributed by atoms with Crippen LogP contribution in [0.3, 0.4) is 0 Å². The standard InChI is InChI=1S/C47H34N2/c1-48(47-32-37-14-4-5-17-40(37)43-20-8-9-21-44(43)47)38-28-24-33(25-29-38)34-26-30-39(31-27-34)49(45-22-10-15-35-12-2-6-18-41(35)45)46-23-11-16-36-13-3-7-19-42(36)46/h2-32H,1H3. The molecule has 0 unspecified atom stereocenters. The summed E-state index contributed by atoms with van der Waals surface area (Å²) in [7, 11) is 2.16. The van der Waals surface area contributed by atoms with E-state index in [0.717, 1.165) is 22.7 Å². The summed E-state index contributed by atoms with van der Waals surface area (Å²) in [6.45, 7) is 0. The van der Waals surface area contributed by atoms with Gasteiger partial charge in [-0.1, -0.05) is 146 Å². The molecule has 0 bridgehead atoms. The first-order chi connectivity index (χ1) is 24.2. The molecule has 2 heteroatoms. The van der Waals surface area contributed by atoms with E-state index in [1.807, 2.05) is 0 Å². The maximum atomic E-state index is 2.40. The summed E-state index contributed by atoms with van der Waals surface area (Å²) in [5.41, 5.74) is 8.17. The maximum Gasteiger partial charge on any atom is 0.0540 e. The molecule has 0 amide bonds. The number of benzene rings is 9. The minimum absolute atomic E-state index is 1.12. The molecule has 0 radical (unpaired) electrons. The van der Waals surface area contributed by atoms with Crippen molar-refractivity contribution >= 4 is 71.5 Å². The molecule has 0 fully saturated rings. The zero-order valence-corrected chi connectivity index (χ0v) is 27.3. The van der Waals surface area contributed by atoms with Crippen LogP contribution in [0.1, 0.15) is 0 Å². The van der Waals surface area contributed by atoms with Crippen molar-refractivity contribution in [2.75, 3.05) is 16.8 Å². The molecule has 0 atom stereocenters. The van der Waals surface area contributed by atoms with Gasteiger partial charge in [0.15, 0.2) is 0 Å². The van der Waals surface area contributed by atoms with Gasteiger partial charge in [-0.2, -0.15) is 0 Å². The predicted octanol–water partition coefficient (Wildman–Crippen LogP) is 13.2. The van der Waals surface area contributed by atoms with E-state index < -0.39 is 0 Å². The third-order valence-corrected chi connectivity index (χ3v) is 9.84.